The second-order valence-electron chi connectivity index (χ2n) is 8.89. The average Bonchev–Trinajstić information content (AvgIpc) is 2.83. The van der Waals surface area contributed by atoms with Crippen molar-refractivity contribution in [3.8, 4) is 11.5 Å². The van der Waals surface area contributed by atoms with Gasteiger partial charge in [0, 0.05) is 12.0 Å². The number of anilines is 1. The number of amides is 1. The topological polar surface area (TPSA) is 84.9 Å². The number of sulfonamides is 1. The first-order valence-electron chi connectivity index (χ1n) is 11.1. The van der Waals surface area contributed by atoms with Crippen molar-refractivity contribution in [2.75, 3.05) is 18.0 Å². The van der Waals surface area contributed by atoms with E-state index in [1.165, 1.54) is 24.3 Å². The molecule has 9 heteroatoms. The van der Waals surface area contributed by atoms with Gasteiger partial charge in [-0.25, -0.2) is 12.8 Å². The van der Waals surface area contributed by atoms with Crippen LogP contribution in [0.4, 0.5) is 10.1 Å². The highest BCUT2D eigenvalue weighted by Crippen LogP contribution is 2.41. The summed E-state index contributed by atoms with van der Waals surface area (Å²) in [5.41, 5.74) is 0.378. The Morgan fingerprint density at radius 3 is 2.46 bits per heavy atom. The maximum absolute atomic E-state index is 13.5. The summed E-state index contributed by atoms with van der Waals surface area (Å²) in [4.78, 5) is 13.3. The summed E-state index contributed by atoms with van der Waals surface area (Å²) in [5.74, 6) is 0.223. The zero-order chi connectivity index (χ0) is 25.2. The molecule has 1 aliphatic rings. The summed E-state index contributed by atoms with van der Waals surface area (Å²) in [5, 5.41) is 2.96. The number of ether oxygens (including phenoxy) is 2. The van der Waals surface area contributed by atoms with E-state index in [-0.39, 0.29) is 10.6 Å². The first-order valence-corrected chi connectivity index (χ1v) is 12.5. The van der Waals surface area contributed by atoms with Crippen LogP contribution in [0.15, 0.2) is 77.7 Å². The molecule has 0 saturated carbocycles. The predicted octanol–water partition coefficient (Wildman–Crippen LogP) is 4.45. The maximum atomic E-state index is 13.5. The third-order valence-electron chi connectivity index (χ3n) is 5.74. The lowest BCUT2D eigenvalue weighted by Gasteiger charge is -2.38. The third-order valence-corrected chi connectivity index (χ3v) is 7.53. The Morgan fingerprint density at radius 1 is 1.11 bits per heavy atom. The van der Waals surface area contributed by atoms with Crippen molar-refractivity contribution in [1.29, 1.82) is 0 Å². The van der Waals surface area contributed by atoms with Crippen molar-refractivity contribution >= 4 is 21.6 Å². The maximum Gasteiger partial charge on any atom is 0.264 e. The average molecular weight is 499 g/mol. The quantitative estimate of drug-likeness (QED) is 0.520. The van der Waals surface area contributed by atoms with Crippen LogP contribution >= 0.6 is 0 Å². The zero-order valence-corrected chi connectivity index (χ0v) is 20.5. The number of nitrogens with one attached hydrogen (secondary N) is 1. The fraction of sp³-hybridized carbons (Fsp3) is 0.269. The smallest absolute Gasteiger partial charge is 0.264 e. The second-order valence-corrected chi connectivity index (χ2v) is 10.8. The fourth-order valence-electron chi connectivity index (χ4n) is 4.10. The molecule has 1 unspecified atom stereocenters. The van der Waals surface area contributed by atoms with Gasteiger partial charge in [0.2, 0.25) is 5.91 Å². The number of hydrogen-bond donors (Lipinski definition) is 1. The van der Waals surface area contributed by atoms with Crippen molar-refractivity contribution < 1.29 is 27.1 Å². The van der Waals surface area contributed by atoms with E-state index in [1.54, 1.807) is 43.5 Å². The number of fused-ring (bicyclic) bond motifs is 1. The molecule has 1 N–H and O–H groups in total. The molecule has 35 heavy (non-hydrogen) atoms. The van der Waals surface area contributed by atoms with Crippen LogP contribution in [0.5, 0.6) is 11.5 Å². The molecule has 4 rings (SSSR count). The van der Waals surface area contributed by atoms with Crippen molar-refractivity contribution in [3.05, 3.63) is 84.2 Å². The number of carbonyl (C=O) groups excluding carboxylic acids is 1. The first kappa shape index (κ1) is 24.5. The molecule has 0 aromatic heterocycles. The van der Waals surface area contributed by atoms with Crippen LogP contribution in [0.1, 0.15) is 31.9 Å². The fourth-order valence-corrected chi connectivity index (χ4v) is 5.54. The molecule has 0 aliphatic carbocycles. The van der Waals surface area contributed by atoms with Crippen LogP contribution in [0.25, 0.3) is 0 Å². The molecule has 7 nitrogen and oxygen atoms in total. The van der Waals surface area contributed by atoms with Gasteiger partial charge in [-0.15, -0.1) is 0 Å². The van der Waals surface area contributed by atoms with Gasteiger partial charge in [0.15, 0.2) is 0 Å². The van der Waals surface area contributed by atoms with E-state index >= 15 is 0 Å². The van der Waals surface area contributed by atoms with Crippen molar-refractivity contribution in [1.82, 2.24) is 5.32 Å². The summed E-state index contributed by atoms with van der Waals surface area (Å²) in [7, 11) is -2.54. The number of hydrogen-bond acceptors (Lipinski definition) is 5. The summed E-state index contributed by atoms with van der Waals surface area (Å²) < 4.78 is 52.8. The Bertz CT molecular complexity index is 1310. The van der Waals surface area contributed by atoms with E-state index in [1.807, 2.05) is 13.8 Å². The largest absolute Gasteiger partial charge is 0.497 e. The number of carbonyl (C=O) groups is 1. The molecule has 184 valence electrons. The molecule has 0 radical (unpaired) electrons. The highest BCUT2D eigenvalue weighted by Gasteiger charge is 2.36. The van der Waals surface area contributed by atoms with Crippen LogP contribution in [-0.2, 0) is 14.8 Å². The minimum atomic E-state index is -4.09. The van der Waals surface area contributed by atoms with Crippen molar-refractivity contribution in [2.45, 2.75) is 36.8 Å². The number of halogens is 1. The van der Waals surface area contributed by atoms with Crippen LogP contribution < -0.4 is 19.1 Å². The molecule has 1 heterocycles. The Kier molecular flexibility index (Phi) is 6.71. The molecular formula is C26H27FN2O5S. The molecule has 0 saturated heterocycles. The van der Waals surface area contributed by atoms with Gasteiger partial charge < -0.3 is 14.8 Å². The van der Waals surface area contributed by atoms with Gasteiger partial charge in [-0.3, -0.25) is 9.10 Å². The molecule has 1 amide bonds. The lowest BCUT2D eigenvalue weighted by Crippen LogP contribution is -2.45. The lowest BCUT2D eigenvalue weighted by molar-refractivity contribution is -0.120. The normalized spacial score (nSPS) is 16.5. The second kappa shape index (κ2) is 9.58. The van der Waals surface area contributed by atoms with E-state index in [9.17, 15) is 17.6 Å². The van der Waals surface area contributed by atoms with E-state index in [0.717, 1.165) is 22.0 Å². The van der Waals surface area contributed by atoms with Gasteiger partial charge >= 0.3 is 0 Å². The summed E-state index contributed by atoms with van der Waals surface area (Å²) in [6.07, 6.45) is 0.473. The van der Waals surface area contributed by atoms with E-state index in [0.29, 0.717) is 17.9 Å². The third kappa shape index (κ3) is 5.40. The Hall–Kier alpha value is -3.59. The number of benzene rings is 3. The Labute approximate surface area is 204 Å². The standard InChI is InChI=1S/C26H27FN2O5S/c1-26(2)16-23(22-15-20(33-3)13-14-24(22)34-26)28-25(30)17-29(19-11-9-18(27)10-12-19)35(31,32)21-7-5-4-6-8-21/h4-15,23H,16-17H2,1-3H3,(H,28,30). The minimum absolute atomic E-state index is 0.0272. The molecular weight excluding hydrogens is 471 g/mol. The Balaban J connectivity index is 1.65. The van der Waals surface area contributed by atoms with Gasteiger partial charge in [-0.05, 0) is 68.4 Å². The van der Waals surface area contributed by atoms with Crippen LogP contribution in [0, 0.1) is 5.82 Å². The summed E-state index contributed by atoms with van der Waals surface area (Å²) in [6.45, 7) is 3.36. The molecule has 1 atom stereocenters. The van der Waals surface area contributed by atoms with Gasteiger partial charge in [0.1, 0.15) is 29.5 Å². The van der Waals surface area contributed by atoms with Crippen molar-refractivity contribution in [3.63, 3.8) is 0 Å². The molecule has 0 bridgehead atoms. The highest BCUT2D eigenvalue weighted by molar-refractivity contribution is 7.92. The van der Waals surface area contributed by atoms with Crippen molar-refractivity contribution in [2.24, 2.45) is 0 Å². The molecule has 1 aliphatic heterocycles. The first-order chi connectivity index (χ1) is 16.6. The zero-order valence-electron chi connectivity index (χ0n) is 19.7. The summed E-state index contributed by atoms with van der Waals surface area (Å²) >= 11 is 0. The highest BCUT2D eigenvalue weighted by atomic mass is 32.2. The molecule has 0 fully saturated rings. The van der Waals surface area contributed by atoms with Crippen LogP contribution in [0.2, 0.25) is 0 Å². The predicted molar refractivity (Wildman–Crippen MR) is 131 cm³/mol. The SMILES string of the molecule is COc1ccc2c(c1)C(NC(=O)CN(c1ccc(F)cc1)S(=O)(=O)c1ccccc1)CC(C)(C)O2. The van der Waals surface area contributed by atoms with Crippen LogP contribution in [-0.4, -0.2) is 33.6 Å². The molecule has 0 spiro atoms. The van der Waals surface area contributed by atoms with Gasteiger partial charge in [-0.2, -0.15) is 0 Å². The van der Waals surface area contributed by atoms with E-state index in [2.05, 4.69) is 5.32 Å². The monoisotopic (exact) mass is 498 g/mol. The minimum Gasteiger partial charge on any atom is -0.497 e. The van der Waals surface area contributed by atoms with Gasteiger partial charge in [-0.1, -0.05) is 18.2 Å². The molecule has 3 aromatic carbocycles. The number of rotatable bonds is 7. The van der Waals surface area contributed by atoms with Crippen LogP contribution in [0.3, 0.4) is 0 Å². The Morgan fingerprint density at radius 2 is 1.80 bits per heavy atom. The number of methoxy groups -OCH3 is 1. The van der Waals surface area contributed by atoms with Gasteiger partial charge in [0.25, 0.3) is 10.0 Å². The summed E-state index contributed by atoms with van der Waals surface area (Å²) in [6, 6.07) is 17.7. The molecule has 3 aromatic rings. The number of nitrogens with zero attached hydrogens (tertiary/aromatic N) is 1. The van der Waals surface area contributed by atoms with E-state index < -0.39 is 39.9 Å². The van der Waals surface area contributed by atoms with E-state index in [4.69, 9.17) is 9.47 Å². The van der Waals surface area contributed by atoms with Gasteiger partial charge in [0.05, 0.1) is 23.7 Å². The lowest BCUT2D eigenvalue weighted by atomic mass is 9.89.